The van der Waals surface area contributed by atoms with Gasteiger partial charge in [-0.15, -0.1) is 0 Å². The van der Waals surface area contributed by atoms with E-state index in [1.165, 1.54) is 19.3 Å². The highest BCUT2D eigenvalue weighted by Crippen LogP contribution is 2.23. The Hall–Kier alpha value is -0.120. The molecule has 1 fully saturated rings. The molecule has 90 valence electrons. The second-order valence-corrected chi connectivity index (χ2v) is 4.37. The fraction of sp³-hybridized carbons (Fsp3) is 1.00. The summed E-state index contributed by atoms with van der Waals surface area (Å²) >= 11 is 0. The summed E-state index contributed by atoms with van der Waals surface area (Å²) in [6, 6.07) is 0. The van der Waals surface area contributed by atoms with Crippen LogP contribution in [0.2, 0.25) is 0 Å². The molecule has 1 aliphatic carbocycles. The average molecular weight is 215 g/mol. The van der Waals surface area contributed by atoms with Crippen LogP contribution in [0, 0.1) is 5.92 Å². The van der Waals surface area contributed by atoms with Crippen LogP contribution in [0.25, 0.3) is 0 Å². The summed E-state index contributed by atoms with van der Waals surface area (Å²) in [4.78, 5) is 0. The summed E-state index contributed by atoms with van der Waals surface area (Å²) in [6.45, 7) is 5.64. The molecule has 0 aromatic rings. The molecule has 2 unspecified atom stereocenters. The molecule has 1 saturated carbocycles. The molecule has 1 rings (SSSR count). The van der Waals surface area contributed by atoms with Crippen molar-refractivity contribution in [3.8, 4) is 0 Å². The topological polar surface area (TPSA) is 41.5 Å². The van der Waals surface area contributed by atoms with E-state index in [1.807, 2.05) is 6.92 Å². The fourth-order valence-electron chi connectivity index (χ4n) is 2.16. The fourth-order valence-corrected chi connectivity index (χ4v) is 2.16. The summed E-state index contributed by atoms with van der Waals surface area (Å²) in [7, 11) is 0. The normalized spacial score (nSPS) is 26.8. The van der Waals surface area contributed by atoms with E-state index in [1.54, 1.807) is 0 Å². The zero-order valence-corrected chi connectivity index (χ0v) is 9.87. The Morgan fingerprint density at radius 1 is 1.33 bits per heavy atom. The lowest BCUT2D eigenvalue weighted by atomic mass is 9.86. The zero-order valence-electron chi connectivity index (χ0n) is 9.87. The molecule has 1 aliphatic rings. The van der Waals surface area contributed by atoms with Crippen molar-refractivity contribution in [2.75, 3.05) is 26.3 Å². The van der Waals surface area contributed by atoms with E-state index < -0.39 is 0 Å². The first-order valence-corrected chi connectivity index (χ1v) is 6.31. The smallest absolute Gasteiger partial charge is 0.0580 e. The van der Waals surface area contributed by atoms with E-state index in [4.69, 9.17) is 4.74 Å². The van der Waals surface area contributed by atoms with E-state index in [9.17, 15) is 5.11 Å². The van der Waals surface area contributed by atoms with Gasteiger partial charge in [-0.3, -0.25) is 0 Å². The first-order chi connectivity index (χ1) is 7.34. The van der Waals surface area contributed by atoms with Crippen molar-refractivity contribution in [2.45, 2.75) is 45.1 Å². The van der Waals surface area contributed by atoms with Gasteiger partial charge in [-0.25, -0.2) is 0 Å². The molecule has 0 aromatic heterocycles. The third-order valence-electron chi connectivity index (χ3n) is 3.12. The Kier molecular flexibility index (Phi) is 6.98. The molecule has 0 radical (unpaired) electrons. The van der Waals surface area contributed by atoms with E-state index in [0.29, 0.717) is 5.92 Å². The van der Waals surface area contributed by atoms with Crippen molar-refractivity contribution in [1.29, 1.82) is 0 Å². The van der Waals surface area contributed by atoms with Crippen LogP contribution in [0.15, 0.2) is 0 Å². The molecule has 2 atom stereocenters. The van der Waals surface area contributed by atoms with Gasteiger partial charge in [-0.05, 0) is 38.6 Å². The molecule has 3 heteroatoms. The Balaban J connectivity index is 1.94. The number of hydrogen-bond donors (Lipinski definition) is 2. The van der Waals surface area contributed by atoms with Crippen LogP contribution >= 0.6 is 0 Å². The molecule has 0 amide bonds. The highest BCUT2D eigenvalue weighted by atomic mass is 16.5. The predicted octanol–water partition coefficient (Wildman–Crippen LogP) is 1.55. The van der Waals surface area contributed by atoms with Gasteiger partial charge in [0.2, 0.25) is 0 Å². The second kappa shape index (κ2) is 8.08. The van der Waals surface area contributed by atoms with Crippen LogP contribution in [0.4, 0.5) is 0 Å². The molecule has 0 spiro atoms. The van der Waals surface area contributed by atoms with Crippen molar-refractivity contribution in [3.05, 3.63) is 0 Å². The Bertz CT molecular complexity index is 153. The first kappa shape index (κ1) is 12.9. The molecular weight excluding hydrogens is 190 g/mol. The third-order valence-corrected chi connectivity index (χ3v) is 3.12. The van der Waals surface area contributed by atoms with Crippen LogP contribution in [0.3, 0.4) is 0 Å². The van der Waals surface area contributed by atoms with Gasteiger partial charge < -0.3 is 15.2 Å². The molecule has 0 saturated heterocycles. The van der Waals surface area contributed by atoms with Gasteiger partial charge in [-0.2, -0.15) is 0 Å². The van der Waals surface area contributed by atoms with E-state index in [2.05, 4.69) is 5.32 Å². The number of nitrogens with one attached hydrogen (secondary N) is 1. The molecule has 3 nitrogen and oxygen atoms in total. The molecular formula is C12H25NO2. The second-order valence-electron chi connectivity index (χ2n) is 4.37. The average Bonchev–Trinajstić information content (AvgIpc) is 2.25. The summed E-state index contributed by atoms with van der Waals surface area (Å²) in [5.41, 5.74) is 0. The molecule has 15 heavy (non-hydrogen) atoms. The minimum Gasteiger partial charge on any atom is -0.393 e. The summed E-state index contributed by atoms with van der Waals surface area (Å²) < 4.78 is 5.26. The van der Waals surface area contributed by atoms with Crippen LogP contribution < -0.4 is 5.32 Å². The molecule has 0 aliphatic heterocycles. The minimum atomic E-state index is -0.0712. The van der Waals surface area contributed by atoms with Crippen molar-refractivity contribution in [2.24, 2.45) is 5.92 Å². The maximum absolute atomic E-state index is 9.75. The summed E-state index contributed by atoms with van der Waals surface area (Å²) in [6.07, 6.45) is 5.64. The van der Waals surface area contributed by atoms with Gasteiger partial charge in [0.25, 0.3) is 0 Å². The SMILES string of the molecule is CCOCCCNCC1CCCCC1O. The minimum absolute atomic E-state index is 0.0712. The van der Waals surface area contributed by atoms with Gasteiger partial charge in [0.1, 0.15) is 0 Å². The van der Waals surface area contributed by atoms with Crippen LogP contribution in [-0.4, -0.2) is 37.5 Å². The lowest BCUT2D eigenvalue weighted by Crippen LogP contribution is -2.34. The van der Waals surface area contributed by atoms with Gasteiger partial charge in [0.05, 0.1) is 6.10 Å². The number of rotatable bonds is 7. The highest BCUT2D eigenvalue weighted by Gasteiger charge is 2.21. The summed E-state index contributed by atoms with van der Waals surface area (Å²) in [5.74, 6) is 0.478. The number of aliphatic hydroxyl groups is 1. The maximum Gasteiger partial charge on any atom is 0.0580 e. The quantitative estimate of drug-likeness (QED) is 0.633. The van der Waals surface area contributed by atoms with E-state index in [0.717, 1.165) is 39.1 Å². The lowest BCUT2D eigenvalue weighted by Gasteiger charge is -2.27. The Labute approximate surface area is 93.2 Å². The Morgan fingerprint density at radius 2 is 2.13 bits per heavy atom. The van der Waals surface area contributed by atoms with E-state index in [-0.39, 0.29) is 6.10 Å². The van der Waals surface area contributed by atoms with Gasteiger partial charge in [0, 0.05) is 19.8 Å². The lowest BCUT2D eigenvalue weighted by molar-refractivity contribution is 0.0691. The third kappa shape index (κ3) is 5.50. The molecule has 0 bridgehead atoms. The molecule has 0 aromatic carbocycles. The number of aliphatic hydroxyl groups excluding tert-OH is 1. The Morgan fingerprint density at radius 3 is 2.87 bits per heavy atom. The van der Waals surface area contributed by atoms with Crippen LogP contribution in [0.5, 0.6) is 0 Å². The largest absolute Gasteiger partial charge is 0.393 e. The van der Waals surface area contributed by atoms with Gasteiger partial charge in [-0.1, -0.05) is 12.8 Å². The summed E-state index contributed by atoms with van der Waals surface area (Å²) in [5, 5.41) is 13.1. The number of hydrogen-bond acceptors (Lipinski definition) is 3. The predicted molar refractivity (Wildman–Crippen MR) is 61.9 cm³/mol. The van der Waals surface area contributed by atoms with Gasteiger partial charge in [0.15, 0.2) is 0 Å². The standard InChI is InChI=1S/C12H25NO2/c1-2-15-9-5-8-13-10-11-6-3-4-7-12(11)14/h11-14H,2-10H2,1H3. The van der Waals surface area contributed by atoms with Crippen molar-refractivity contribution < 1.29 is 9.84 Å². The zero-order chi connectivity index (χ0) is 10.9. The maximum atomic E-state index is 9.75. The van der Waals surface area contributed by atoms with Crippen LogP contribution in [-0.2, 0) is 4.74 Å². The van der Waals surface area contributed by atoms with Crippen molar-refractivity contribution >= 4 is 0 Å². The monoisotopic (exact) mass is 215 g/mol. The van der Waals surface area contributed by atoms with Crippen molar-refractivity contribution in [1.82, 2.24) is 5.32 Å². The van der Waals surface area contributed by atoms with E-state index >= 15 is 0 Å². The molecule has 2 N–H and O–H groups in total. The first-order valence-electron chi connectivity index (χ1n) is 6.31. The molecule has 0 heterocycles. The van der Waals surface area contributed by atoms with Gasteiger partial charge >= 0.3 is 0 Å². The van der Waals surface area contributed by atoms with Crippen molar-refractivity contribution in [3.63, 3.8) is 0 Å². The number of ether oxygens (including phenoxy) is 1. The van der Waals surface area contributed by atoms with Crippen LogP contribution in [0.1, 0.15) is 39.0 Å². The highest BCUT2D eigenvalue weighted by molar-refractivity contribution is 4.75.